The van der Waals surface area contributed by atoms with Gasteiger partial charge in [-0.2, -0.15) is 0 Å². The van der Waals surface area contributed by atoms with Crippen LogP contribution in [0.5, 0.6) is 0 Å². The van der Waals surface area contributed by atoms with Crippen molar-refractivity contribution in [2.45, 2.75) is 6.54 Å². The lowest BCUT2D eigenvalue weighted by Crippen LogP contribution is -2.21. The zero-order valence-corrected chi connectivity index (χ0v) is 12.4. The first-order chi connectivity index (χ1) is 10.5. The highest BCUT2D eigenvalue weighted by Crippen LogP contribution is 2.12. The number of aromatic nitrogens is 2. The Morgan fingerprint density at radius 2 is 2.09 bits per heavy atom. The molecule has 1 aromatic carbocycles. The van der Waals surface area contributed by atoms with E-state index >= 15 is 0 Å². The van der Waals surface area contributed by atoms with E-state index in [0.717, 1.165) is 5.56 Å². The molecule has 0 spiro atoms. The summed E-state index contributed by atoms with van der Waals surface area (Å²) in [6, 6.07) is 7.24. The Bertz CT molecular complexity index is 700. The molecule has 1 aromatic heterocycles. The van der Waals surface area contributed by atoms with Crippen LogP contribution in [-0.4, -0.2) is 40.8 Å². The van der Waals surface area contributed by atoms with Crippen molar-refractivity contribution in [3.63, 3.8) is 0 Å². The molecule has 2 aromatic rings. The van der Waals surface area contributed by atoms with Crippen LogP contribution in [0.25, 0.3) is 0 Å². The van der Waals surface area contributed by atoms with Gasteiger partial charge in [-0.25, -0.2) is 9.97 Å². The first-order valence-electron chi connectivity index (χ1n) is 6.63. The van der Waals surface area contributed by atoms with Crippen LogP contribution in [0.2, 0.25) is 0 Å². The van der Waals surface area contributed by atoms with Crippen molar-refractivity contribution in [2.75, 3.05) is 19.4 Å². The second-order valence-corrected chi connectivity index (χ2v) is 4.90. The van der Waals surface area contributed by atoms with Gasteiger partial charge in [0.25, 0.3) is 11.8 Å². The van der Waals surface area contributed by atoms with Crippen LogP contribution in [0, 0.1) is 0 Å². The van der Waals surface area contributed by atoms with Gasteiger partial charge in [-0.05, 0) is 17.7 Å². The molecule has 3 N–H and O–H groups in total. The van der Waals surface area contributed by atoms with Crippen molar-refractivity contribution in [3.05, 3.63) is 53.5 Å². The molecule has 0 saturated heterocycles. The highest BCUT2D eigenvalue weighted by Gasteiger charge is 2.10. The van der Waals surface area contributed by atoms with Crippen LogP contribution < -0.4 is 11.1 Å². The lowest BCUT2D eigenvalue weighted by atomic mass is 10.1. The van der Waals surface area contributed by atoms with Crippen molar-refractivity contribution < 1.29 is 9.59 Å². The normalized spacial score (nSPS) is 10.1. The molecule has 7 heteroatoms. The molecule has 0 aliphatic rings. The summed E-state index contributed by atoms with van der Waals surface area (Å²) in [5, 5.41) is 3.03. The molecule has 0 aliphatic carbocycles. The largest absolute Gasteiger partial charge is 0.365 e. The zero-order valence-electron chi connectivity index (χ0n) is 12.4. The lowest BCUT2D eigenvalue weighted by Gasteiger charge is -2.12. The first kappa shape index (κ1) is 15.4. The molecule has 0 saturated carbocycles. The maximum absolute atomic E-state index is 11.9. The van der Waals surface area contributed by atoms with E-state index in [4.69, 9.17) is 5.73 Å². The van der Waals surface area contributed by atoms with Crippen molar-refractivity contribution in [3.8, 4) is 0 Å². The van der Waals surface area contributed by atoms with Gasteiger partial charge in [-0.15, -0.1) is 0 Å². The Morgan fingerprint density at radius 3 is 2.77 bits per heavy atom. The number of nitrogens with zero attached hydrogens (tertiary/aromatic N) is 3. The summed E-state index contributed by atoms with van der Waals surface area (Å²) in [6.07, 6.45) is 2.70. The van der Waals surface area contributed by atoms with Gasteiger partial charge in [0.2, 0.25) is 0 Å². The monoisotopic (exact) mass is 299 g/mol. The van der Waals surface area contributed by atoms with Crippen LogP contribution in [0.1, 0.15) is 26.3 Å². The van der Waals surface area contributed by atoms with Crippen molar-refractivity contribution in [2.24, 2.45) is 5.73 Å². The minimum absolute atomic E-state index is 0.0679. The summed E-state index contributed by atoms with van der Waals surface area (Å²) in [7, 11) is 3.40. The Morgan fingerprint density at radius 1 is 1.32 bits per heavy atom. The minimum Gasteiger partial charge on any atom is -0.365 e. The minimum atomic E-state index is -0.598. The summed E-state index contributed by atoms with van der Waals surface area (Å²) >= 11 is 0. The quantitative estimate of drug-likeness (QED) is 0.853. The summed E-state index contributed by atoms with van der Waals surface area (Å²) in [5.74, 6) is -0.298. The van der Waals surface area contributed by atoms with E-state index in [1.54, 1.807) is 26.2 Å². The third kappa shape index (κ3) is 3.57. The molecule has 2 rings (SSSR count). The molecule has 0 bridgehead atoms. The molecule has 1 heterocycles. The fourth-order valence-electron chi connectivity index (χ4n) is 1.91. The average Bonchev–Trinajstić information content (AvgIpc) is 2.52. The lowest BCUT2D eigenvalue weighted by molar-refractivity contribution is 0.0827. The molecular formula is C15H17N5O2. The van der Waals surface area contributed by atoms with E-state index in [1.807, 2.05) is 12.1 Å². The van der Waals surface area contributed by atoms with Gasteiger partial charge >= 0.3 is 0 Å². The third-order valence-electron chi connectivity index (χ3n) is 3.02. The maximum atomic E-state index is 11.9. The fraction of sp³-hybridized carbons (Fsp3) is 0.200. The number of anilines is 1. The van der Waals surface area contributed by atoms with Gasteiger partial charge < -0.3 is 16.0 Å². The molecule has 0 atom stereocenters. The number of benzene rings is 1. The Balaban J connectivity index is 2.14. The second-order valence-electron chi connectivity index (χ2n) is 4.90. The summed E-state index contributed by atoms with van der Waals surface area (Å²) in [5.41, 5.74) is 6.99. The summed E-state index contributed by atoms with van der Waals surface area (Å²) in [6.45, 7) is 0.409. The SMILES string of the molecule is CN(C)C(=O)c1cccc(CNc2ncncc2C(N)=O)c1. The van der Waals surface area contributed by atoms with Crippen LogP contribution in [0.15, 0.2) is 36.8 Å². The predicted octanol–water partition coefficient (Wildman–Crippen LogP) is 0.889. The second kappa shape index (κ2) is 6.66. The molecule has 0 aliphatic heterocycles. The van der Waals surface area contributed by atoms with Gasteiger partial charge in [0.1, 0.15) is 12.1 Å². The van der Waals surface area contributed by atoms with Gasteiger partial charge in [-0.1, -0.05) is 12.1 Å². The average molecular weight is 299 g/mol. The van der Waals surface area contributed by atoms with Gasteiger partial charge in [-0.3, -0.25) is 9.59 Å². The number of rotatable bonds is 5. The first-order valence-corrected chi connectivity index (χ1v) is 6.63. The summed E-state index contributed by atoms with van der Waals surface area (Å²) < 4.78 is 0. The number of primary amides is 1. The van der Waals surface area contributed by atoms with Crippen LogP contribution >= 0.6 is 0 Å². The highest BCUT2D eigenvalue weighted by atomic mass is 16.2. The number of hydrogen-bond acceptors (Lipinski definition) is 5. The smallest absolute Gasteiger partial charge is 0.254 e. The molecular weight excluding hydrogens is 282 g/mol. The molecule has 2 amide bonds. The van der Waals surface area contributed by atoms with E-state index in [2.05, 4.69) is 15.3 Å². The van der Waals surface area contributed by atoms with Crippen LogP contribution in [0.3, 0.4) is 0 Å². The van der Waals surface area contributed by atoms with E-state index in [0.29, 0.717) is 17.9 Å². The van der Waals surface area contributed by atoms with E-state index in [1.165, 1.54) is 17.4 Å². The molecule has 7 nitrogen and oxygen atoms in total. The van der Waals surface area contributed by atoms with Crippen LogP contribution in [0.4, 0.5) is 5.82 Å². The number of nitrogens with one attached hydrogen (secondary N) is 1. The van der Waals surface area contributed by atoms with Crippen molar-refractivity contribution in [1.82, 2.24) is 14.9 Å². The Hall–Kier alpha value is -2.96. The number of amides is 2. The third-order valence-corrected chi connectivity index (χ3v) is 3.02. The maximum Gasteiger partial charge on any atom is 0.254 e. The topological polar surface area (TPSA) is 101 Å². The number of carbonyl (C=O) groups excluding carboxylic acids is 2. The standard InChI is InChI=1S/C15H17N5O2/c1-20(2)15(22)11-5-3-4-10(6-11)7-18-14-12(13(16)21)8-17-9-19-14/h3-6,8-9H,7H2,1-2H3,(H2,16,21)(H,17,18,19). The number of hydrogen-bond donors (Lipinski definition) is 2. The molecule has 22 heavy (non-hydrogen) atoms. The molecule has 0 radical (unpaired) electrons. The van der Waals surface area contributed by atoms with Gasteiger partial charge in [0.05, 0.1) is 5.56 Å². The highest BCUT2D eigenvalue weighted by molar-refractivity contribution is 5.97. The molecule has 0 fully saturated rings. The molecule has 0 unspecified atom stereocenters. The number of carbonyl (C=O) groups is 2. The van der Waals surface area contributed by atoms with E-state index in [-0.39, 0.29) is 11.5 Å². The van der Waals surface area contributed by atoms with Crippen LogP contribution in [-0.2, 0) is 6.54 Å². The Kier molecular flexibility index (Phi) is 4.67. The molecule has 114 valence electrons. The Labute approximate surface area is 128 Å². The van der Waals surface area contributed by atoms with E-state index < -0.39 is 5.91 Å². The number of nitrogens with two attached hydrogens (primary N) is 1. The van der Waals surface area contributed by atoms with Gasteiger partial charge in [0, 0.05) is 32.4 Å². The zero-order chi connectivity index (χ0) is 16.1. The van der Waals surface area contributed by atoms with Gasteiger partial charge in [0.15, 0.2) is 0 Å². The summed E-state index contributed by atoms with van der Waals surface area (Å²) in [4.78, 5) is 32.5. The van der Waals surface area contributed by atoms with E-state index in [9.17, 15) is 9.59 Å². The van der Waals surface area contributed by atoms with Crippen molar-refractivity contribution in [1.29, 1.82) is 0 Å². The van der Waals surface area contributed by atoms with Crippen molar-refractivity contribution >= 4 is 17.6 Å². The fourth-order valence-corrected chi connectivity index (χ4v) is 1.91. The predicted molar refractivity (Wildman–Crippen MR) is 82.3 cm³/mol.